The molecule has 4 N–H and O–H groups in total. The third-order valence-corrected chi connectivity index (χ3v) is 9.22. The van der Waals surface area contributed by atoms with Crippen LogP contribution in [0.3, 0.4) is 0 Å². The summed E-state index contributed by atoms with van der Waals surface area (Å²) in [4.78, 5) is 26.8. The monoisotopic (exact) mass is 673 g/mol. The van der Waals surface area contributed by atoms with E-state index in [1.165, 1.54) is 17.2 Å². The normalized spacial score (nSPS) is 19.6. The zero-order valence-corrected chi connectivity index (χ0v) is 27.2. The minimum atomic E-state index is -1.55. The number of fused-ring (bicyclic) bond motifs is 1. The lowest BCUT2D eigenvalue weighted by Gasteiger charge is -2.44. The van der Waals surface area contributed by atoms with Gasteiger partial charge in [-0.1, -0.05) is 72.8 Å². The summed E-state index contributed by atoms with van der Waals surface area (Å²) in [5.41, 5.74) is 7.73. The number of methoxy groups -OCH3 is 2. The Bertz CT molecular complexity index is 2030. The number of aromatic nitrogens is 4. The summed E-state index contributed by atoms with van der Waals surface area (Å²) in [5.74, 6) is 0.726. The molecule has 12 nitrogen and oxygen atoms in total. The first kappa shape index (κ1) is 32.7. The summed E-state index contributed by atoms with van der Waals surface area (Å²) in [6.45, 7) is 0. The van der Waals surface area contributed by atoms with Crippen LogP contribution in [0, 0.1) is 0 Å². The predicted molar refractivity (Wildman–Crippen MR) is 184 cm³/mol. The number of hydrogen-bond donors (Lipinski definition) is 3. The van der Waals surface area contributed by atoms with Gasteiger partial charge in [0.05, 0.1) is 31.5 Å². The van der Waals surface area contributed by atoms with Gasteiger partial charge < -0.3 is 34.9 Å². The van der Waals surface area contributed by atoms with E-state index in [0.717, 1.165) is 5.56 Å². The molecule has 1 unspecified atom stereocenters. The minimum absolute atomic E-state index is 0.148. The summed E-state index contributed by atoms with van der Waals surface area (Å²) in [6.07, 6.45) is -4.12. The molecule has 5 atom stereocenters. The molecule has 4 aromatic carbocycles. The number of hydrogen-bond acceptors (Lipinski definition) is 11. The van der Waals surface area contributed by atoms with Crippen LogP contribution in [-0.4, -0.2) is 74.3 Å². The number of ether oxygens (including phenoxy) is 4. The molecule has 12 heteroatoms. The first-order valence-electron chi connectivity index (χ1n) is 15.9. The summed E-state index contributed by atoms with van der Waals surface area (Å²) in [7, 11) is 3.16. The highest BCUT2D eigenvalue weighted by Gasteiger charge is 2.58. The molecule has 0 radical (unpaired) electrons. The zero-order valence-electron chi connectivity index (χ0n) is 27.2. The Hall–Kier alpha value is -5.82. The molecule has 0 aliphatic carbocycles. The van der Waals surface area contributed by atoms with Crippen LogP contribution in [0.2, 0.25) is 0 Å². The van der Waals surface area contributed by atoms with E-state index in [1.807, 2.05) is 78.9 Å². The van der Waals surface area contributed by atoms with E-state index in [4.69, 9.17) is 24.7 Å². The third kappa shape index (κ3) is 5.58. The summed E-state index contributed by atoms with van der Waals surface area (Å²) in [5, 5.41) is 23.6. The molecule has 0 bridgehead atoms. The van der Waals surface area contributed by atoms with Crippen LogP contribution in [0.25, 0.3) is 11.2 Å². The number of anilines is 1. The van der Waals surface area contributed by atoms with Crippen LogP contribution in [0.1, 0.15) is 33.3 Å². The Balaban J connectivity index is 1.48. The van der Waals surface area contributed by atoms with Crippen molar-refractivity contribution in [2.45, 2.75) is 36.1 Å². The number of rotatable bonds is 10. The quantitative estimate of drug-likeness (QED) is 0.140. The van der Waals surface area contributed by atoms with Crippen LogP contribution in [0.5, 0.6) is 11.5 Å². The Morgan fingerprint density at radius 2 is 1.34 bits per heavy atom. The first-order chi connectivity index (χ1) is 24.4. The van der Waals surface area contributed by atoms with Crippen molar-refractivity contribution in [3.8, 4) is 11.5 Å². The fourth-order valence-corrected chi connectivity index (χ4v) is 6.78. The second-order valence-corrected chi connectivity index (χ2v) is 11.9. The second-order valence-electron chi connectivity index (χ2n) is 11.9. The molecular weight excluding hydrogens is 638 g/mol. The number of imidazole rings is 1. The number of benzene rings is 4. The summed E-state index contributed by atoms with van der Waals surface area (Å²) in [6, 6.07) is 32.9. The van der Waals surface area contributed by atoms with Crippen molar-refractivity contribution in [1.82, 2.24) is 19.5 Å². The second kappa shape index (κ2) is 13.6. The van der Waals surface area contributed by atoms with E-state index in [1.54, 1.807) is 44.6 Å². The van der Waals surface area contributed by atoms with Gasteiger partial charge in [0.2, 0.25) is 0 Å². The standard InChI is InChI=1S/C38H35N5O7/c1-47-27-17-13-25(14-18-27)38(24-11-7-4-8-12-24,26-15-19-28(48-2)20-16-26)33(50-37(46)23-9-5-3-6-10-23)32-30(44)31(45)36(49-32)43-22-42-29-34(39)40-21-41-35(29)43/h3-22,30-33,36,44-45H,1-2H3,(H2,39,40,41)/t30-,31+,32-,33?,36+/m0/s1. The van der Waals surface area contributed by atoms with Crippen molar-refractivity contribution in [2.24, 2.45) is 0 Å². The van der Waals surface area contributed by atoms with Crippen molar-refractivity contribution in [2.75, 3.05) is 20.0 Å². The molecule has 0 spiro atoms. The number of aliphatic hydroxyl groups excluding tert-OH is 2. The maximum atomic E-state index is 14.2. The van der Waals surface area contributed by atoms with Crippen molar-refractivity contribution in [3.63, 3.8) is 0 Å². The number of aliphatic hydroxyl groups is 2. The van der Waals surface area contributed by atoms with Gasteiger partial charge in [-0.15, -0.1) is 0 Å². The van der Waals surface area contributed by atoms with Gasteiger partial charge in [-0.2, -0.15) is 0 Å². The first-order valence-corrected chi connectivity index (χ1v) is 15.9. The fraction of sp³-hybridized carbons (Fsp3) is 0.211. The van der Waals surface area contributed by atoms with Gasteiger partial charge in [0.15, 0.2) is 17.7 Å². The Morgan fingerprint density at radius 1 is 0.780 bits per heavy atom. The lowest BCUT2D eigenvalue weighted by Crippen LogP contribution is -2.54. The number of nitrogens with two attached hydrogens (primary N) is 1. The molecule has 50 heavy (non-hydrogen) atoms. The van der Waals surface area contributed by atoms with E-state index < -0.39 is 42.0 Å². The lowest BCUT2D eigenvalue weighted by atomic mass is 9.63. The average molecular weight is 674 g/mol. The molecule has 2 aromatic heterocycles. The summed E-state index contributed by atoms with van der Waals surface area (Å²) >= 11 is 0. The molecule has 0 amide bonds. The van der Waals surface area contributed by atoms with Crippen LogP contribution >= 0.6 is 0 Å². The Morgan fingerprint density at radius 3 is 1.92 bits per heavy atom. The summed E-state index contributed by atoms with van der Waals surface area (Å²) < 4.78 is 25.7. The molecular formula is C38H35N5O7. The molecule has 1 fully saturated rings. The largest absolute Gasteiger partial charge is 0.497 e. The van der Waals surface area contributed by atoms with Crippen LogP contribution in [0.15, 0.2) is 122 Å². The highest BCUT2D eigenvalue weighted by atomic mass is 16.6. The smallest absolute Gasteiger partial charge is 0.338 e. The van der Waals surface area contributed by atoms with Crippen molar-refractivity contribution >= 4 is 23.0 Å². The van der Waals surface area contributed by atoms with Gasteiger partial charge in [0.25, 0.3) is 0 Å². The van der Waals surface area contributed by atoms with Crippen molar-refractivity contribution in [3.05, 3.63) is 144 Å². The number of carbonyl (C=O) groups is 1. The molecule has 1 aliphatic heterocycles. The minimum Gasteiger partial charge on any atom is -0.497 e. The van der Waals surface area contributed by atoms with Crippen LogP contribution < -0.4 is 15.2 Å². The van der Waals surface area contributed by atoms with Gasteiger partial charge in [0.1, 0.15) is 47.8 Å². The van der Waals surface area contributed by atoms with Gasteiger partial charge in [-0.3, -0.25) is 4.57 Å². The number of nitrogen functional groups attached to an aromatic ring is 1. The topological polar surface area (TPSA) is 164 Å². The van der Waals surface area contributed by atoms with E-state index in [9.17, 15) is 15.0 Å². The van der Waals surface area contributed by atoms with Crippen molar-refractivity contribution < 1.29 is 34.0 Å². The highest BCUT2D eigenvalue weighted by molar-refractivity contribution is 5.89. The molecule has 1 saturated heterocycles. The van der Waals surface area contributed by atoms with E-state index in [-0.39, 0.29) is 5.82 Å². The number of nitrogens with zero attached hydrogens (tertiary/aromatic N) is 4. The lowest BCUT2D eigenvalue weighted by molar-refractivity contribution is -0.104. The number of carbonyl (C=O) groups excluding carboxylic acids is 1. The molecule has 1 aliphatic rings. The van der Waals surface area contributed by atoms with Gasteiger partial charge in [0, 0.05) is 0 Å². The maximum absolute atomic E-state index is 14.2. The zero-order chi connectivity index (χ0) is 34.8. The third-order valence-electron chi connectivity index (χ3n) is 9.22. The van der Waals surface area contributed by atoms with E-state index in [2.05, 4.69) is 15.0 Å². The Kier molecular flexibility index (Phi) is 8.89. The Labute approximate surface area is 287 Å². The van der Waals surface area contributed by atoms with Gasteiger partial charge in [-0.25, -0.2) is 19.7 Å². The van der Waals surface area contributed by atoms with Crippen molar-refractivity contribution in [1.29, 1.82) is 0 Å². The molecule has 7 rings (SSSR count). The molecule has 3 heterocycles. The highest BCUT2D eigenvalue weighted by Crippen LogP contribution is 2.49. The number of esters is 1. The fourth-order valence-electron chi connectivity index (χ4n) is 6.78. The van der Waals surface area contributed by atoms with Crippen LogP contribution in [0.4, 0.5) is 5.82 Å². The predicted octanol–water partition coefficient (Wildman–Crippen LogP) is 4.31. The van der Waals surface area contributed by atoms with E-state index in [0.29, 0.717) is 39.4 Å². The molecule has 6 aromatic rings. The van der Waals surface area contributed by atoms with Gasteiger partial charge in [-0.05, 0) is 53.1 Å². The SMILES string of the molecule is COc1ccc(C(c2ccccc2)(c2ccc(OC)cc2)C(OC(=O)c2ccccc2)[C@H]2O[C@@H](n3cnc4c(N)ncnc43)[C@H](O)[C@@H]2O)cc1. The molecule has 0 saturated carbocycles. The maximum Gasteiger partial charge on any atom is 0.338 e. The van der Waals surface area contributed by atoms with Gasteiger partial charge >= 0.3 is 5.97 Å². The molecule has 254 valence electrons. The van der Waals surface area contributed by atoms with Crippen LogP contribution in [-0.2, 0) is 14.9 Å². The van der Waals surface area contributed by atoms with E-state index >= 15 is 0 Å². The average Bonchev–Trinajstić information content (AvgIpc) is 3.73.